The van der Waals surface area contributed by atoms with Crippen molar-refractivity contribution in [3.8, 4) is 0 Å². The molecule has 1 atom stereocenters. The summed E-state index contributed by atoms with van der Waals surface area (Å²) in [5, 5.41) is 5.25. The van der Waals surface area contributed by atoms with Gasteiger partial charge >= 0.3 is 12.0 Å². The molecule has 0 fully saturated rings. The molecule has 124 valence electrons. The van der Waals surface area contributed by atoms with E-state index in [0.29, 0.717) is 11.5 Å². The summed E-state index contributed by atoms with van der Waals surface area (Å²) in [5.74, 6) is 0.643. The molecular formula is C15H19N3O4S. The lowest BCUT2D eigenvalue weighted by Gasteiger charge is -2.14. The van der Waals surface area contributed by atoms with Crippen LogP contribution < -0.4 is 10.6 Å². The molecule has 2 N–H and O–H groups in total. The predicted molar refractivity (Wildman–Crippen MR) is 86.1 cm³/mol. The van der Waals surface area contributed by atoms with E-state index >= 15 is 0 Å². The van der Waals surface area contributed by atoms with Crippen molar-refractivity contribution in [1.29, 1.82) is 0 Å². The van der Waals surface area contributed by atoms with Crippen molar-refractivity contribution in [2.24, 2.45) is 0 Å². The summed E-state index contributed by atoms with van der Waals surface area (Å²) in [6, 6.07) is 5.74. The van der Waals surface area contributed by atoms with Gasteiger partial charge in [0.2, 0.25) is 0 Å². The molecule has 23 heavy (non-hydrogen) atoms. The van der Waals surface area contributed by atoms with Crippen LogP contribution in [0, 0.1) is 13.8 Å². The number of carbonyl (C=O) groups is 1. The van der Waals surface area contributed by atoms with Gasteiger partial charge in [-0.05, 0) is 38.5 Å². The van der Waals surface area contributed by atoms with E-state index in [0.717, 1.165) is 11.8 Å². The fraction of sp³-hybridized carbons (Fsp3) is 0.333. The van der Waals surface area contributed by atoms with Crippen LogP contribution in [0.4, 0.5) is 10.8 Å². The summed E-state index contributed by atoms with van der Waals surface area (Å²) in [5.41, 5.74) is 1.50. The third kappa shape index (κ3) is 4.32. The van der Waals surface area contributed by atoms with E-state index in [1.54, 1.807) is 32.9 Å². The van der Waals surface area contributed by atoms with Crippen LogP contribution >= 0.6 is 0 Å². The van der Waals surface area contributed by atoms with E-state index in [-0.39, 0.29) is 17.0 Å². The van der Waals surface area contributed by atoms with Crippen molar-refractivity contribution in [3.63, 3.8) is 0 Å². The molecular weight excluding hydrogens is 318 g/mol. The molecule has 1 heterocycles. The summed E-state index contributed by atoms with van der Waals surface area (Å²) >= 11 is 0. The lowest BCUT2D eigenvalue weighted by atomic mass is 10.1. The van der Waals surface area contributed by atoms with Crippen LogP contribution in [0.5, 0.6) is 0 Å². The maximum Gasteiger partial charge on any atom is 0.323 e. The second-order valence-corrected chi connectivity index (χ2v) is 7.34. The number of sulfone groups is 1. The summed E-state index contributed by atoms with van der Waals surface area (Å²) in [6.45, 7) is 5.34. The molecule has 0 radical (unpaired) electrons. The number of rotatable bonds is 4. The van der Waals surface area contributed by atoms with Crippen molar-refractivity contribution in [1.82, 2.24) is 10.3 Å². The number of aromatic nitrogens is 1. The highest BCUT2D eigenvalue weighted by atomic mass is 32.2. The maximum atomic E-state index is 11.9. The number of carbonyl (C=O) groups excluding carboxylic acids is 1. The molecule has 1 unspecified atom stereocenters. The van der Waals surface area contributed by atoms with Gasteiger partial charge in [-0.2, -0.15) is 4.98 Å². The number of nitrogens with zero attached hydrogens (tertiary/aromatic N) is 1. The highest BCUT2D eigenvalue weighted by Gasteiger charge is 2.14. The second-order valence-electron chi connectivity index (χ2n) is 5.32. The summed E-state index contributed by atoms with van der Waals surface area (Å²) in [7, 11) is -3.23. The first-order valence-corrected chi connectivity index (χ1v) is 8.87. The molecule has 1 aromatic carbocycles. The van der Waals surface area contributed by atoms with Crippen LogP contribution in [0.1, 0.15) is 30.0 Å². The Morgan fingerprint density at radius 1 is 1.22 bits per heavy atom. The minimum absolute atomic E-state index is 0.136. The molecule has 0 aliphatic heterocycles. The van der Waals surface area contributed by atoms with Gasteiger partial charge in [-0.3, -0.25) is 5.32 Å². The largest absolute Gasteiger partial charge is 0.428 e. The van der Waals surface area contributed by atoms with Crippen molar-refractivity contribution in [2.45, 2.75) is 31.7 Å². The molecule has 0 bridgehead atoms. The molecule has 0 saturated carbocycles. The Balaban J connectivity index is 2.00. The van der Waals surface area contributed by atoms with E-state index < -0.39 is 15.9 Å². The summed E-state index contributed by atoms with van der Waals surface area (Å²) < 4.78 is 28.1. The van der Waals surface area contributed by atoms with Crippen LogP contribution in [0.2, 0.25) is 0 Å². The zero-order valence-electron chi connectivity index (χ0n) is 13.4. The Labute approximate surface area is 135 Å². The Hall–Kier alpha value is -2.35. The Morgan fingerprint density at radius 2 is 1.83 bits per heavy atom. The minimum Gasteiger partial charge on any atom is -0.428 e. The second kappa shape index (κ2) is 6.41. The SMILES string of the molecule is Cc1nc(NC(=O)NC(C)c2ccc(S(C)(=O)=O)cc2)oc1C. The minimum atomic E-state index is -3.23. The zero-order valence-corrected chi connectivity index (χ0v) is 14.2. The third-order valence-corrected chi connectivity index (χ3v) is 4.53. The fourth-order valence-electron chi connectivity index (χ4n) is 1.94. The molecule has 1 aromatic heterocycles. The molecule has 2 amide bonds. The van der Waals surface area contributed by atoms with Crippen LogP contribution in [-0.4, -0.2) is 25.7 Å². The average Bonchev–Trinajstić information content (AvgIpc) is 2.76. The predicted octanol–water partition coefficient (Wildman–Crippen LogP) is 2.58. The number of amides is 2. The number of benzene rings is 1. The number of anilines is 1. The Kier molecular flexibility index (Phi) is 4.74. The number of hydrogen-bond acceptors (Lipinski definition) is 5. The van der Waals surface area contributed by atoms with Crippen LogP contribution in [0.25, 0.3) is 0 Å². The Morgan fingerprint density at radius 3 is 2.30 bits per heavy atom. The van der Waals surface area contributed by atoms with Crippen LogP contribution in [0.3, 0.4) is 0 Å². The molecule has 7 nitrogen and oxygen atoms in total. The van der Waals surface area contributed by atoms with E-state index in [9.17, 15) is 13.2 Å². The van der Waals surface area contributed by atoms with E-state index in [4.69, 9.17) is 4.42 Å². The zero-order chi connectivity index (χ0) is 17.2. The van der Waals surface area contributed by atoms with Crippen molar-refractivity contribution < 1.29 is 17.6 Å². The molecule has 2 aromatic rings. The monoisotopic (exact) mass is 337 g/mol. The van der Waals surface area contributed by atoms with Gasteiger partial charge in [0.05, 0.1) is 16.6 Å². The van der Waals surface area contributed by atoms with Gasteiger partial charge in [-0.25, -0.2) is 13.2 Å². The summed E-state index contributed by atoms with van der Waals surface area (Å²) in [6.07, 6.45) is 1.15. The van der Waals surface area contributed by atoms with Gasteiger partial charge in [0, 0.05) is 6.26 Å². The fourth-order valence-corrected chi connectivity index (χ4v) is 2.57. The van der Waals surface area contributed by atoms with Gasteiger partial charge < -0.3 is 9.73 Å². The summed E-state index contributed by atoms with van der Waals surface area (Å²) in [4.78, 5) is 16.2. The van der Waals surface area contributed by atoms with Crippen LogP contribution in [0.15, 0.2) is 33.6 Å². The van der Waals surface area contributed by atoms with Gasteiger partial charge in [-0.15, -0.1) is 0 Å². The number of oxazole rings is 1. The molecule has 8 heteroatoms. The maximum absolute atomic E-state index is 11.9. The standard InChI is InChI=1S/C15H19N3O4S/c1-9-11(3)22-15(17-9)18-14(19)16-10(2)12-5-7-13(8-6-12)23(4,20)21/h5-8,10H,1-4H3,(H2,16,17,18,19). The van der Waals surface area contributed by atoms with Crippen molar-refractivity contribution >= 4 is 21.9 Å². The first-order chi connectivity index (χ1) is 10.7. The number of urea groups is 1. The topological polar surface area (TPSA) is 101 Å². The van der Waals surface area contributed by atoms with E-state index in [1.165, 1.54) is 12.1 Å². The smallest absolute Gasteiger partial charge is 0.323 e. The average molecular weight is 337 g/mol. The van der Waals surface area contributed by atoms with E-state index in [2.05, 4.69) is 15.6 Å². The van der Waals surface area contributed by atoms with Gasteiger partial charge in [-0.1, -0.05) is 12.1 Å². The normalized spacial score (nSPS) is 12.7. The lowest BCUT2D eigenvalue weighted by Crippen LogP contribution is -2.31. The Bertz CT molecular complexity index is 790. The molecule has 2 rings (SSSR count). The number of nitrogens with one attached hydrogen (secondary N) is 2. The highest BCUT2D eigenvalue weighted by Crippen LogP contribution is 2.17. The van der Waals surface area contributed by atoms with E-state index in [1.807, 2.05) is 0 Å². The molecule has 0 spiro atoms. The highest BCUT2D eigenvalue weighted by molar-refractivity contribution is 7.90. The first-order valence-electron chi connectivity index (χ1n) is 6.98. The molecule has 0 aliphatic rings. The van der Waals surface area contributed by atoms with Crippen molar-refractivity contribution in [3.05, 3.63) is 41.3 Å². The van der Waals surface area contributed by atoms with Gasteiger partial charge in [0.1, 0.15) is 5.76 Å². The number of aryl methyl sites for hydroxylation is 2. The molecule has 0 saturated heterocycles. The molecule has 0 aliphatic carbocycles. The van der Waals surface area contributed by atoms with Gasteiger partial charge in [0.15, 0.2) is 9.84 Å². The van der Waals surface area contributed by atoms with Gasteiger partial charge in [0.25, 0.3) is 0 Å². The lowest BCUT2D eigenvalue weighted by molar-refractivity contribution is 0.248. The first kappa shape index (κ1) is 17.0. The van der Waals surface area contributed by atoms with Crippen molar-refractivity contribution in [2.75, 3.05) is 11.6 Å². The third-order valence-electron chi connectivity index (χ3n) is 3.40. The quantitative estimate of drug-likeness (QED) is 0.893. The van der Waals surface area contributed by atoms with Crippen LogP contribution in [-0.2, 0) is 9.84 Å². The number of hydrogen-bond donors (Lipinski definition) is 2.